The summed E-state index contributed by atoms with van der Waals surface area (Å²) < 4.78 is 6.43. The van der Waals surface area contributed by atoms with Crippen molar-refractivity contribution in [3.05, 3.63) is 95.9 Å². The van der Waals surface area contributed by atoms with Crippen molar-refractivity contribution in [1.29, 1.82) is 0 Å². The smallest absolute Gasteiger partial charge is 0.226 e. The number of piperidine rings is 1. The van der Waals surface area contributed by atoms with E-state index >= 15 is 0 Å². The van der Waals surface area contributed by atoms with Crippen molar-refractivity contribution < 1.29 is 4.42 Å². The lowest BCUT2D eigenvalue weighted by Gasteiger charge is -2.31. The first-order valence-corrected chi connectivity index (χ1v) is 11.5. The largest absolute Gasteiger partial charge is 0.440 e. The third-order valence-electron chi connectivity index (χ3n) is 6.38. The fraction of sp³-hybridized carbons (Fsp3) is 0.286. The van der Waals surface area contributed by atoms with Gasteiger partial charge in [0.1, 0.15) is 11.5 Å². The molecule has 3 heterocycles. The molecule has 0 saturated carbocycles. The maximum Gasteiger partial charge on any atom is 0.226 e. The van der Waals surface area contributed by atoms with Gasteiger partial charge in [-0.25, -0.2) is 4.98 Å². The minimum Gasteiger partial charge on any atom is -0.440 e. The molecule has 162 valence electrons. The number of pyridine rings is 1. The zero-order valence-electron chi connectivity index (χ0n) is 18.6. The van der Waals surface area contributed by atoms with Gasteiger partial charge in [0.05, 0.1) is 5.69 Å². The molecule has 5 rings (SSSR count). The third-order valence-corrected chi connectivity index (χ3v) is 6.38. The van der Waals surface area contributed by atoms with E-state index in [-0.39, 0.29) is 0 Å². The Morgan fingerprint density at radius 3 is 2.38 bits per heavy atom. The van der Waals surface area contributed by atoms with E-state index in [0.717, 1.165) is 61.6 Å². The molecule has 0 N–H and O–H groups in total. The van der Waals surface area contributed by atoms with E-state index in [0.29, 0.717) is 11.8 Å². The summed E-state index contributed by atoms with van der Waals surface area (Å²) in [5.41, 5.74) is 5.43. The summed E-state index contributed by atoms with van der Waals surface area (Å²) >= 11 is 0. The molecular weight excluding hydrogens is 394 g/mol. The first kappa shape index (κ1) is 20.7. The second-order valence-electron chi connectivity index (χ2n) is 8.66. The van der Waals surface area contributed by atoms with E-state index in [4.69, 9.17) is 9.40 Å². The molecule has 2 aromatic heterocycles. The Hall–Kier alpha value is -3.24. The van der Waals surface area contributed by atoms with Crippen LogP contribution in [0.3, 0.4) is 0 Å². The predicted molar refractivity (Wildman–Crippen MR) is 128 cm³/mol. The summed E-state index contributed by atoms with van der Waals surface area (Å²) in [5.74, 6) is 2.04. The second-order valence-corrected chi connectivity index (χ2v) is 8.66. The van der Waals surface area contributed by atoms with Gasteiger partial charge in [0.2, 0.25) is 5.89 Å². The fourth-order valence-corrected chi connectivity index (χ4v) is 4.47. The maximum absolute atomic E-state index is 6.43. The van der Waals surface area contributed by atoms with Gasteiger partial charge in [-0.3, -0.25) is 4.98 Å². The molecule has 0 amide bonds. The highest BCUT2D eigenvalue weighted by Crippen LogP contribution is 2.37. The molecule has 4 aromatic rings. The van der Waals surface area contributed by atoms with Crippen LogP contribution in [0, 0.1) is 6.92 Å². The molecule has 0 bridgehead atoms. The first-order chi connectivity index (χ1) is 15.8. The van der Waals surface area contributed by atoms with Crippen LogP contribution < -0.4 is 0 Å². The summed E-state index contributed by atoms with van der Waals surface area (Å²) in [6.07, 6.45) is 5.09. The van der Waals surface area contributed by atoms with Crippen LogP contribution in [0.15, 0.2) is 83.4 Å². The first-order valence-electron chi connectivity index (χ1n) is 11.5. The molecule has 0 aliphatic carbocycles. The van der Waals surface area contributed by atoms with E-state index in [1.54, 1.807) is 0 Å². The number of hydrogen-bond donors (Lipinski definition) is 0. The lowest BCUT2D eigenvalue weighted by atomic mass is 9.92. The number of rotatable bonds is 6. The van der Waals surface area contributed by atoms with Gasteiger partial charge in [-0.1, -0.05) is 54.1 Å². The topological polar surface area (TPSA) is 42.2 Å². The molecule has 1 aliphatic rings. The van der Waals surface area contributed by atoms with Crippen molar-refractivity contribution in [2.24, 2.45) is 0 Å². The van der Waals surface area contributed by atoms with Gasteiger partial charge in [0, 0.05) is 24.2 Å². The Bertz CT molecular complexity index is 1130. The van der Waals surface area contributed by atoms with Gasteiger partial charge < -0.3 is 9.32 Å². The highest BCUT2D eigenvalue weighted by molar-refractivity contribution is 5.63. The van der Waals surface area contributed by atoms with Crippen LogP contribution in [0.5, 0.6) is 0 Å². The van der Waals surface area contributed by atoms with Crippen molar-refractivity contribution in [1.82, 2.24) is 14.9 Å². The standard InChI is InChI=1S/C28H29N3O/c1-21-10-12-24(13-11-21)28-30-26(25-9-5-6-17-29-25)27(32-28)23-15-19-31(20-16-23)18-14-22-7-3-2-4-8-22/h2-13,17,23H,14-16,18-20H2,1H3. The van der Waals surface area contributed by atoms with Gasteiger partial charge in [-0.2, -0.15) is 0 Å². The molecule has 1 fully saturated rings. The minimum absolute atomic E-state index is 0.367. The van der Waals surface area contributed by atoms with Gasteiger partial charge >= 0.3 is 0 Å². The van der Waals surface area contributed by atoms with Crippen LogP contribution in [-0.4, -0.2) is 34.5 Å². The molecule has 32 heavy (non-hydrogen) atoms. The molecule has 4 nitrogen and oxygen atoms in total. The maximum atomic E-state index is 6.43. The summed E-state index contributed by atoms with van der Waals surface area (Å²) in [6.45, 7) is 5.37. The lowest BCUT2D eigenvalue weighted by molar-refractivity contribution is 0.205. The van der Waals surface area contributed by atoms with Crippen LogP contribution in [0.2, 0.25) is 0 Å². The SMILES string of the molecule is Cc1ccc(-c2nc(-c3ccccn3)c(C3CCN(CCc4ccccc4)CC3)o2)cc1. The van der Waals surface area contributed by atoms with E-state index in [9.17, 15) is 0 Å². The van der Waals surface area contributed by atoms with Crippen LogP contribution in [0.4, 0.5) is 0 Å². The number of oxazole rings is 1. The number of hydrogen-bond acceptors (Lipinski definition) is 4. The molecule has 0 unspecified atom stereocenters. The van der Waals surface area contributed by atoms with E-state index in [1.807, 2.05) is 24.4 Å². The molecule has 0 atom stereocenters. The van der Waals surface area contributed by atoms with Gasteiger partial charge in [-0.15, -0.1) is 0 Å². The molecule has 1 aliphatic heterocycles. The van der Waals surface area contributed by atoms with Crippen LogP contribution >= 0.6 is 0 Å². The Morgan fingerprint density at radius 2 is 1.66 bits per heavy atom. The Kier molecular flexibility index (Phi) is 6.13. The predicted octanol–water partition coefficient (Wildman–Crippen LogP) is 6.13. The quantitative estimate of drug-likeness (QED) is 0.374. The van der Waals surface area contributed by atoms with E-state index in [1.165, 1.54) is 11.1 Å². The second kappa shape index (κ2) is 9.49. The summed E-state index contributed by atoms with van der Waals surface area (Å²) in [7, 11) is 0. The van der Waals surface area contributed by atoms with Crippen LogP contribution in [0.25, 0.3) is 22.8 Å². The zero-order chi connectivity index (χ0) is 21.8. The number of likely N-dealkylation sites (tertiary alicyclic amines) is 1. The highest BCUT2D eigenvalue weighted by Gasteiger charge is 2.28. The van der Waals surface area contributed by atoms with Crippen molar-refractivity contribution in [2.45, 2.75) is 32.1 Å². The summed E-state index contributed by atoms with van der Waals surface area (Å²) in [6, 6.07) is 25.1. The molecule has 0 spiro atoms. The molecular formula is C28H29N3O. The number of aryl methyl sites for hydroxylation is 1. The van der Waals surface area contributed by atoms with Crippen molar-refractivity contribution in [3.63, 3.8) is 0 Å². The highest BCUT2D eigenvalue weighted by atomic mass is 16.4. The Morgan fingerprint density at radius 1 is 0.906 bits per heavy atom. The van der Waals surface area contributed by atoms with Gasteiger partial charge in [0.25, 0.3) is 0 Å². The molecule has 1 saturated heterocycles. The van der Waals surface area contributed by atoms with E-state index in [2.05, 4.69) is 71.4 Å². The molecule has 2 aromatic carbocycles. The summed E-state index contributed by atoms with van der Waals surface area (Å²) in [4.78, 5) is 12.0. The number of nitrogens with zero attached hydrogens (tertiary/aromatic N) is 3. The Balaban J connectivity index is 1.34. The molecule has 4 heteroatoms. The number of benzene rings is 2. The van der Waals surface area contributed by atoms with Crippen molar-refractivity contribution in [2.75, 3.05) is 19.6 Å². The van der Waals surface area contributed by atoms with Gasteiger partial charge in [-0.05, 0) is 69.1 Å². The van der Waals surface area contributed by atoms with Crippen LogP contribution in [-0.2, 0) is 6.42 Å². The minimum atomic E-state index is 0.367. The average Bonchev–Trinajstić information content (AvgIpc) is 3.30. The lowest BCUT2D eigenvalue weighted by Crippen LogP contribution is -2.34. The average molecular weight is 424 g/mol. The Labute approximate surface area is 190 Å². The fourth-order valence-electron chi connectivity index (χ4n) is 4.47. The summed E-state index contributed by atoms with van der Waals surface area (Å²) in [5, 5.41) is 0. The van der Waals surface area contributed by atoms with Crippen LogP contribution in [0.1, 0.15) is 35.6 Å². The normalized spacial score (nSPS) is 15.2. The monoisotopic (exact) mass is 423 g/mol. The third kappa shape index (κ3) is 4.66. The van der Waals surface area contributed by atoms with E-state index < -0.39 is 0 Å². The van der Waals surface area contributed by atoms with Crippen molar-refractivity contribution >= 4 is 0 Å². The van der Waals surface area contributed by atoms with Gasteiger partial charge in [0.15, 0.2) is 0 Å². The zero-order valence-corrected chi connectivity index (χ0v) is 18.6. The van der Waals surface area contributed by atoms with Crippen molar-refractivity contribution in [3.8, 4) is 22.8 Å². The molecule has 0 radical (unpaired) electrons. The number of aromatic nitrogens is 2.